The molecule has 1 saturated carbocycles. The summed E-state index contributed by atoms with van der Waals surface area (Å²) in [6, 6.07) is 8.07. The molecule has 2 aliphatic rings. The number of amides is 1. The highest BCUT2D eigenvalue weighted by atomic mass is 16.5. The molecule has 0 spiro atoms. The number of hydrogen-bond acceptors (Lipinski definition) is 3. The van der Waals surface area contributed by atoms with Crippen molar-refractivity contribution in [3.8, 4) is 5.75 Å². The number of aryl methyl sites for hydroxylation is 1. The first-order valence-corrected chi connectivity index (χ1v) is 9.08. The molecule has 1 aliphatic carbocycles. The molecule has 3 atom stereocenters. The quantitative estimate of drug-likeness (QED) is 0.860. The van der Waals surface area contributed by atoms with Crippen LogP contribution < -0.4 is 4.74 Å². The third kappa shape index (κ3) is 3.03. The number of methoxy groups -OCH3 is 1. The molecule has 1 aromatic heterocycles. The molecule has 1 unspecified atom stereocenters. The number of piperidine rings is 1. The molecule has 2 fully saturated rings. The third-order valence-electron chi connectivity index (χ3n) is 5.60. The van der Waals surface area contributed by atoms with Gasteiger partial charge in [0.2, 0.25) is 5.91 Å². The van der Waals surface area contributed by atoms with Crippen molar-refractivity contribution in [2.24, 2.45) is 13.0 Å². The molecular formula is C20H25N3O2. The van der Waals surface area contributed by atoms with Gasteiger partial charge in [0.1, 0.15) is 11.6 Å². The van der Waals surface area contributed by atoms with Crippen LogP contribution in [0.15, 0.2) is 36.7 Å². The van der Waals surface area contributed by atoms with Gasteiger partial charge in [0.15, 0.2) is 0 Å². The first-order chi connectivity index (χ1) is 12.2. The van der Waals surface area contributed by atoms with Gasteiger partial charge in [0.05, 0.1) is 7.11 Å². The number of nitrogens with zero attached hydrogens (tertiary/aromatic N) is 3. The zero-order chi connectivity index (χ0) is 17.4. The summed E-state index contributed by atoms with van der Waals surface area (Å²) in [4.78, 5) is 19.5. The molecule has 1 saturated heterocycles. The minimum absolute atomic E-state index is 0.108. The minimum atomic E-state index is 0.108. The van der Waals surface area contributed by atoms with E-state index in [2.05, 4.69) is 20.5 Å². The van der Waals surface area contributed by atoms with E-state index >= 15 is 0 Å². The monoisotopic (exact) mass is 339 g/mol. The van der Waals surface area contributed by atoms with Crippen molar-refractivity contribution >= 4 is 5.91 Å². The van der Waals surface area contributed by atoms with Gasteiger partial charge in [-0.1, -0.05) is 18.2 Å². The molecular weight excluding hydrogens is 314 g/mol. The van der Waals surface area contributed by atoms with E-state index in [0.29, 0.717) is 17.7 Å². The molecule has 5 heteroatoms. The van der Waals surface area contributed by atoms with Crippen LogP contribution >= 0.6 is 0 Å². The summed E-state index contributed by atoms with van der Waals surface area (Å²) < 4.78 is 7.54. The van der Waals surface area contributed by atoms with Crippen molar-refractivity contribution in [1.29, 1.82) is 0 Å². The maximum atomic E-state index is 13.0. The lowest BCUT2D eigenvalue weighted by molar-refractivity contribution is -0.133. The van der Waals surface area contributed by atoms with E-state index in [9.17, 15) is 4.79 Å². The van der Waals surface area contributed by atoms with Crippen LogP contribution in [0.4, 0.5) is 0 Å². The van der Waals surface area contributed by atoms with Crippen LogP contribution in [0.1, 0.15) is 42.5 Å². The summed E-state index contributed by atoms with van der Waals surface area (Å²) in [6.45, 7) is 1.66. The molecule has 1 aliphatic heterocycles. The second kappa shape index (κ2) is 6.54. The Labute approximate surface area is 148 Å². The number of para-hydroxylation sites is 1. The molecule has 0 radical (unpaired) electrons. The van der Waals surface area contributed by atoms with Gasteiger partial charge in [-0.05, 0) is 36.8 Å². The zero-order valence-electron chi connectivity index (χ0n) is 14.9. The number of benzene rings is 1. The standard InChI is InChI=1S/C20H25N3O2/c1-22-11-9-21-19(22)14-6-5-10-23(13-14)20(24)17-12-16(17)15-7-3-4-8-18(15)25-2/h3-4,7-9,11,14,16-17H,5-6,10,12-13H2,1-2H3/t14?,16-,17+/m0/s1. The highest BCUT2D eigenvalue weighted by molar-refractivity contribution is 5.83. The van der Waals surface area contributed by atoms with Crippen molar-refractivity contribution in [2.75, 3.05) is 20.2 Å². The fourth-order valence-electron chi connectivity index (χ4n) is 4.18. The number of aromatic nitrogens is 2. The smallest absolute Gasteiger partial charge is 0.226 e. The molecule has 1 aromatic carbocycles. The highest BCUT2D eigenvalue weighted by Gasteiger charge is 2.47. The molecule has 25 heavy (non-hydrogen) atoms. The second-order valence-electron chi connectivity index (χ2n) is 7.21. The maximum absolute atomic E-state index is 13.0. The summed E-state index contributed by atoms with van der Waals surface area (Å²) in [5, 5.41) is 0. The Kier molecular flexibility index (Phi) is 4.24. The first-order valence-electron chi connectivity index (χ1n) is 9.08. The van der Waals surface area contributed by atoms with Crippen LogP contribution in [0.5, 0.6) is 5.75 Å². The topological polar surface area (TPSA) is 47.4 Å². The van der Waals surface area contributed by atoms with E-state index in [1.54, 1.807) is 7.11 Å². The SMILES string of the molecule is COc1ccccc1[C@@H]1C[C@H]1C(=O)N1CCCC(c2nccn2C)C1. The zero-order valence-corrected chi connectivity index (χ0v) is 14.9. The Morgan fingerprint density at radius 1 is 1.32 bits per heavy atom. The van der Waals surface area contributed by atoms with Crippen molar-refractivity contribution in [3.63, 3.8) is 0 Å². The van der Waals surface area contributed by atoms with Crippen LogP contribution in [0.2, 0.25) is 0 Å². The number of imidazole rings is 1. The number of rotatable bonds is 4. The van der Waals surface area contributed by atoms with E-state index in [0.717, 1.165) is 43.9 Å². The number of likely N-dealkylation sites (tertiary alicyclic amines) is 1. The Hall–Kier alpha value is -2.30. The molecule has 0 bridgehead atoms. The van der Waals surface area contributed by atoms with Gasteiger partial charge in [-0.3, -0.25) is 4.79 Å². The summed E-state index contributed by atoms with van der Waals surface area (Å²) in [7, 11) is 3.72. The summed E-state index contributed by atoms with van der Waals surface area (Å²) in [5.74, 6) is 3.05. The van der Waals surface area contributed by atoms with E-state index in [4.69, 9.17) is 4.74 Å². The van der Waals surface area contributed by atoms with Gasteiger partial charge in [-0.25, -0.2) is 4.98 Å². The number of carbonyl (C=O) groups is 1. The van der Waals surface area contributed by atoms with Crippen molar-refractivity contribution in [3.05, 3.63) is 48.0 Å². The summed E-state index contributed by atoms with van der Waals surface area (Å²) in [6.07, 6.45) is 6.91. The second-order valence-corrected chi connectivity index (χ2v) is 7.21. The average Bonchev–Trinajstić information content (AvgIpc) is 3.34. The van der Waals surface area contributed by atoms with Crippen LogP contribution in [0, 0.1) is 5.92 Å². The lowest BCUT2D eigenvalue weighted by Crippen LogP contribution is -2.40. The van der Waals surface area contributed by atoms with Crippen molar-refractivity contribution < 1.29 is 9.53 Å². The molecule has 5 nitrogen and oxygen atoms in total. The number of carbonyl (C=O) groups excluding carboxylic acids is 1. The van der Waals surface area contributed by atoms with E-state index in [-0.39, 0.29) is 5.92 Å². The van der Waals surface area contributed by atoms with Crippen LogP contribution in [0.25, 0.3) is 0 Å². The normalized spacial score (nSPS) is 25.7. The number of ether oxygens (including phenoxy) is 1. The fourth-order valence-corrected chi connectivity index (χ4v) is 4.18. The Morgan fingerprint density at radius 3 is 2.92 bits per heavy atom. The molecule has 1 amide bonds. The van der Waals surface area contributed by atoms with Crippen LogP contribution in [-0.2, 0) is 11.8 Å². The van der Waals surface area contributed by atoms with Crippen LogP contribution in [-0.4, -0.2) is 40.6 Å². The van der Waals surface area contributed by atoms with Gasteiger partial charge >= 0.3 is 0 Å². The Morgan fingerprint density at radius 2 is 2.16 bits per heavy atom. The fraction of sp³-hybridized carbons (Fsp3) is 0.500. The van der Waals surface area contributed by atoms with Gasteiger partial charge in [0.25, 0.3) is 0 Å². The van der Waals surface area contributed by atoms with Crippen LogP contribution in [0.3, 0.4) is 0 Å². The summed E-state index contributed by atoms with van der Waals surface area (Å²) in [5.41, 5.74) is 1.17. The van der Waals surface area contributed by atoms with Gasteiger partial charge in [-0.2, -0.15) is 0 Å². The average molecular weight is 339 g/mol. The molecule has 132 valence electrons. The van der Waals surface area contributed by atoms with Gasteiger partial charge in [-0.15, -0.1) is 0 Å². The lowest BCUT2D eigenvalue weighted by atomic mass is 9.96. The molecule has 2 aromatic rings. The van der Waals surface area contributed by atoms with Gasteiger partial charge in [0, 0.05) is 44.4 Å². The van der Waals surface area contributed by atoms with E-state index < -0.39 is 0 Å². The van der Waals surface area contributed by atoms with E-state index in [1.807, 2.05) is 37.6 Å². The lowest BCUT2D eigenvalue weighted by Gasteiger charge is -2.32. The Bertz CT molecular complexity index is 770. The third-order valence-corrected chi connectivity index (χ3v) is 5.60. The Balaban J connectivity index is 1.44. The maximum Gasteiger partial charge on any atom is 0.226 e. The highest BCUT2D eigenvalue weighted by Crippen LogP contribution is 2.51. The predicted octanol–water partition coefficient (Wildman–Crippen LogP) is 2.94. The predicted molar refractivity (Wildman–Crippen MR) is 95.6 cm³/mol. The van der Waals surface area contributed by atoms with Crippen molar-refractivity contribution in [2.45, 2.75) is 31.1 Å². The van der Waals surface area contributed by atoms with E-state index in [1.165, 1.54) is 5.56 Å². The van der Waals surface area contributed by atoms with Gasteiger partial charge < -0.3 is 14.2 Å². The molecule has 0 N–H and O–H groups in total. The first kappa shape index (κ1) is 16.2. The minimum Gasteiger partial charge on any atom is -0.496 e. The van der Waals surface area contributed by atoms with Crippen molar-refractivity contribution in [1.82, 2.24) is 14.5 Å². The molecule has 4 rings (SSSR count). The molecule has 2 heterocycles. The summed E-state index contributed by atoms with van der Waals surface area (Å²) >= 11 is 0. The number of hydrogen-bond donors (Lipinski definition) is 0. The largest absolute Gasteiger partial charge is 0.496 e.